The predicted molar refractivity (Wildman–Crippen MR) is 172 cm³/mol. The Labute approximate surface area is 261 Å². The minimum absolute atomic E-state index is 0.0298. The third kappa shape index (κ3) is 5.36. The lowest BCUT2D eigenvalue weighted by Crippen LogP contribution is -2.47. The van der Waals surface area contributed by atoms with Gasteiger partial charge in [0.25, 0.3) is 17.4 Å². The summed E-state index contributed by atoms with van der Waals surface area (Å²) in [4.78, 5) is 44.2. The molecule has 9 heteroatoms. The first-order valence-corrected chi connectivity index (χ1v) is 15.4. The Kier molecular flexibility index (Phi) is 7.39. The van der Waals surface area contributed by atoms with Crippen LogP contribution in [0.2, 0.25) is 0 Å². The van der Waals surface area contributed by atoms with Crippen LogP contribution < -0.4 is 25.4 Å². The van der Waals surface area contributed by atoms with Crippen molar-refractivity contribution in [2.45, 2.75) is 44.7 Å². The van der Waals surface area contributed by atoms with Crippen LogP contribution in [0, 0.1) is 11.7 Å². The fourth-order valence-corrected chi connectivity index (χ4v) is 7.24. The summed E-state index contributed by atoms with van der Waals surface area (Å²) in [5, 5.41) is 3.09. The molecule has 0 aliphatic carbocycles. The zero-order valence-corrected chi connectivity index (χ0v) is 25.3. The number of aromatic nitrogens is 1. The number of rotatable bonds is 5. The van der Waals surface area contributed by atoms with Crippen LogP contribution >= 0.6 is 0 Å². The lowest BCUT2D eigenvalue weighted by molar-refractivity contribution is 0.0973. The van der Waals surface area contributed by atoms with Crippen LogP contribution in [0.3, 0.4) is 0 Å². The highest BCUT2D eigenvalue weighted by atomic mass is 19.1. The molecule has 2 bridgehead atoms. The van der Waals surface area contributed by atoms with Crippen molar-refractivity contribution in [1.82, 2.24) is 4.57 Å². The number of amides is 2. The first-order valence-electron chi connectivity index (χ1n) is 15.4. The molecular weight excluding hydrogens is 571 g/mol. The number of aryl methyl sites for hydroxylation is 1. The highest BCUT2D eigenvalue weighted by Gasteiger charge is 2.36. The van der Waals surface area contributed by atoms with Crippen LogP contribution in [-0.4, -0.2) is 42.6 Å². The molecule has 3 aliphatic rings. The monoisotopic (exact) mass is 606 g/mol. The molecule has 0 radical (unpaired) electrons. The SMILES string of the molecule is COc1ccc(C(=O)Nc2cc(C(=O)N3c4ccc(F)cc4CC[C@@H]3C)ccc2N2C[C@H]3C[C@@H](C2)c2cccc(=O)n2C3)cc1. The van der Waals surface area contributed by atoms with Crippen LogP contribution in [0.1, 0.15) is 57.7 Å². The van der Waals surface area contributed by atoms with Crippen molar-refractivity contribution in [3.05, 3.63) is 117 Å². The Balaban J connectivity index is 1.25. The highest BCUT2D eigenvalue weighted by molar-refractivity contribution is 6.10. The van der Waals surface area contributed by atoms with E-state index in [4.69, 9.17) is 4.74 Å². The van der Waals surface area contributed by atoms with E-state index < -0.39 is 0 Å². The molecule has 4 aromatic rings. The molecule has 3 aliphatic heterocycles. The first-order chi connectivity index (χ1) is 21.8. The molecule has 4 heterocycles. The van der Waals surface area contributed by atoms with Gasteiger partial charge in [-0.05, 0) is 104 Å². The van der Waals surface area contributed by atoms with Crippen molar-refractivity contribution in [1.29, 1.82) is 0 Å². The van der Waals surface area contributed by atoms with E-state index in [2.05, 4.69) is 10.2 Å². The van der Waals surface area contributed by atoms with Crippen LogP contribution in [0.4, 0.5) is 21.5 Å². The van der Waals surface area contributed by atoms with Crippen LogP contribution in [-0.2, 0) is 13.0 Å². The maximum absolute atomic E-state index is 14.1. The number of carbonyl (C=O) groups is 2. The second kappa shape index (κ2) is 11.5. The van der Waals surface area contributed by atoms with Gasteiger partial charge in [0.15, 0.2) is 0 Å². The van der Waals surface area contributed by atoms with E-state index in [1.807, 2.05) is 35.8 Å². The number of piperidine rings is 1. The maximum Gasteiger partial charge on any atom is 0.258 e. The summed E-state index contributed by atoms with van der Waals surface area (Å²) in [6, 6.07) is 22.3. The lowest BCUT2D eigenvalue weighted by Gasteiger charge is -2.44. The zero-order valence-electron chi connectivity index (χ0n) is 25.3. The first kappa shape index (κ1) is 28.8. The van der Waals surface area contributed by atoms with Gasteiger partial charge >= 0.3 is 0 Å². The van der Waals surface area contributed by atoms with Crippen LogP contribution in [0.15, 0.2) is 83.7 Å². The average molecular weight is 607 g/mol. The summed E-state index contributed by atoms with van der Waals surface area (Å²) in [6.07, 6.45) is 2.42. The summed E-state index contributed by atoms with van der Waals surface area (Å²) < 4.78 is 21.2. The van der Waals surface area contributed by atoms with Gasteiger partial charge in [-0.1, -0.05) is 6.07 Å². The van der Waals surface area contributed by atoms with Crippen molar-refractivity contribution in [2.24, 2.45) is 5.92 Å². The number of ether oxygens (including phenoxy) is 1. The molecule has 0 spiro atoms. The van der Waals surface area contributed by atoms with E-state index in [0.717, 1.165) is 36.3 Å². The number of pyridine rings is 1. The molecule has 230 valence electrons. The van der Waals surface area contributed by atoms with E-state index in [-0.39, 0.29) is 41.1 Å². The van der Waals surface area contributed by atoms with E-state index in [1.165, 1.54) is 12.1 Å². The lowest BCUT2D eigenvalue weighted by atomic mass is 9.83. The van der Waals surface area contributed by atoms with Gasteiger partial charge in [0, 0.05) is 60.2 Å². The second-order valence-corrected chi connectivity index (χ2v) is 12.4. The molecule has 3 aromatic carbocycles. The molecule has 8 nitrogen and oxygen atoms in total. The van der Waals surface area contributed by atoms with E-state index >= 15 is 0 Å². The topological polar surface area (TPSA) is 83.9 Å². The Morgan fingerprint density at radius 3 is 2.49 bits per heavy atom. The molecule has 2 amide bonds. The molecule has 45 heavy (non-hydrogen) atoms. The molecule has 1 fully saturated rings. The van der Waals surface area contributed by atoms with Crippen molar-refractivity contribution >= 4 is 28.9 Å². The van der Waals surface area contributed by atoms with Gasteiger partial charge in [0.2, 0.25) is 0 Å². The number of fused-ring (bicyclic) bond motifs is 5. The second-order valence-electron chi connectivity index (χ2n) is 12.4. The summed E-state index contributed by atoms with van der Waals surface area (Å²) in [7, 11) is 1.57. The number of carbonyl (C=O) groups excluding carboxylic acids is 2. The third-order valence-electron chi connectivity index (χ3n) is 9.46. The smallest absolute Gasteiger partial charge is 0.258 e. The van der Waals surface area contributed by atoms with Gasteiger partial charge in [-0.2, -0.15) is 0 Å². The van der Waals surface area contributed by atoms with Crippen molar-refractivity contribution < 1.29 is 18.7 Å². The van der Waals surface area contributed by atoms with Gasteiger partial charge in [0.1, 0.15) is 11.6 Å². The van der Waals surface area contributed by atoms with Crippen molar-refractivity contribution in [3.8, 4) is 5.75 Å². The van der Waals surface area contributed by atoms with Crippen LogP contribution in [0.5, 0.6) is 5.75 Å². The number of hydrogen-bond acceptors (Lipinski definition) is 5. The maximum atomic E-state index is 14.1. The molecule has 1 aromatic heterocycles. The zero-order chi connectivity index (χ0) is 31.2. The fourth-order valence-electron chi connectivity index (χ4n) is 7.24. The molecule has 1 N–H and O–H groups in total. The molecule has 3 atom stereocenters. The molecule has 0 saturated carbocycles. The van der Waals surface area contributed by atoms with Gasteiger partial charge in [-0.3, -0.25) is 14.4 Å². The Morgan fingerprint density at radius 2 is 1.69 bits per heavy atom. The minimum Gasteiger partial charge on any atom is -0.497 e. The molecule has 0 unspecified atom stereocenters. The van der Waals surface area contributed by atoms with E-state index in [0.29, 0.717) is 47.8 Å². The highest BCUT2D eigenvalue weighted by Crippen LogP contribution is 2.40. The normalized spacial score (nSPS) is 20.2. The Morgan fingerprint density at radius 1 is 0.911 bits per heavy atom. The van der Waals surface area contributed by atoms with Gasteiger partial charge in [0.05, 0.1) is 18.5 Å². The predicted octanol–water partition coefficient (Wildman–Crippen LogP) is 5.85. The number of benzene rings is 3. The van der Waals surface area contributed by atoms with Gasteiger partial charge in [-0.15, -0.1) is 0 Å². The van der Waals surface area contributed by atoms with Gasteiger partial charge in [-0.25, -0.2) is 4.39 Å². The van der Waals surface area contributed by atoms with E-state index in [1.54, 1.807) is 54.5 Å². The van der Waals surface area contributed by atoms with Crippen molar-refractivity contribution in [2.75, 3.05) is 35.3 Å². The van der Waals surface area contributed by atoms with Crippen LogP contribution in [0.25, 0.3) is 0 Å². The summed E-state index contributed by atoms with van der Waals surface area (Å²) in [6.45, 7) is 4.05. The fraction of sp³-hybridized carbons (Fsp3) is 0.306. The average Bonchev–Trinajstić information content (AvgIpc) is 3.05. The van der Waals surface area contributed by atoms with Gasteiger partial charge < -0.3 is 24.4 Å². The molecular formula is C36H35FN4O4. The Bertz CT molecular complexity index is 1850. The number of methoxy groups -OCH3 is 1. The quantitative estimate of drug-likeness (QED) is 0.308. The minimum atomic E-state index is -0.317. The summed E-state index contributed by atoms with van der Waals surface area (Å²) >= 11 is 0. The standard InChI is InChI=1S/C36H35FN4O4/c1-22-6-7-25-17-28(37)11-15-32(25)41(22)36(44)26-10-14-33(30(18-26)38-35(43)24-8-12-29(45-2)13-9-24)39-19-23-16-27(21-39)31-4-3-5-34(42)40(31)20-23/h3-5,8-15,17-18,22-23,27H,6-7,16,19-21H2,1-2H3,(H,38,43)/t22-,23+,27-/m0/s1. The number of nitrogens with zero attached hydrogens (tertiary/aromatic N) is 3. The Hall–Kier alpha value is -4.92. The van der Waals surface area contributed by atoms with Crippen molar-refractivity contribution in [3.63, 3.8) is 0 Å². The third-order valence-corrected chi connectivity index (χ3v) is 9.46. The number of nitrogens with one attached hydrogen (secondary N) is 1. The number of halogens is 1. The molecule has 1 saturated heterocycles. The summed E-state index contributed by atoms with van der Waals surface area (Å²) in [5.74, 6) is 0.269. The molecule has 7 rings (SSSR count). The number of hydrogen-bond donors (Lipinski definition) is 1. The summed E-state index contributed by atoms with van der Waals surface area (Å²) in [5.41, 5.74) is 4.84. The number of anilines is 3. The van der Waals surface area contributed by atoms with E-state index in [9.17, 15) is 18.8 Å². The largest absolute Gasteiger partial charge is 0.497 e.